The number of ether oxygens (including phenoxy) is 2. The first-order chi connectivity index (χ1) is 6.93. The Labute approximate surface area is 82.1 Å². The lowest BCUT2D eigenvalue weighted by molar-refractivity contribution is 0.115. The Balaban J connectivity index is 1.84. The minimum absolute atomic E-state index is 0.691. The molecule has 0 bridgehead atoms. The molecule has 0 saturated carbocycles. The summed E-state index contributed by atoms with van der Waals surface area (Å²) in [5.41, 5.74) is 1.12. The Morgan fingerprint density at radius 1 is 1.00 bits per heavy atom. The van der Waals surface area contributed by atoms with E-state index >= 15 is 0 Å². The van der Waals surface area contributed by atoms with E-state index in [0.29, 0.717) is 6.61 Å². The van der Waals surface area contributed by atoms with Gasteiger partial charge >= 0.3 is 0 Å². The maximum atomic E-state index is 5.49. The van der Waals surface area contributed by atoms with Crippen molar-refractivity contribution in [2.75, 3.05) is 19.8 Å². The first kappa shape index (κ1) is 7.84. The lowest BCUT2D eigenvalue weighted by atomic mass is 10.2. The van der Waals surface area contributed by atoms with Crippen LogP contribution in [0.2, 0.25) is 0 Å². The zero-order chi connectivity index (χ0) is 9.38. The van der Waals surface area contributed by atoms with Crippen molar-refractivity contribution in [2.45, 2.75) is 12.8 Å². The second-order valence-corrected chi connectivity index (χ2v) is 3.49. The normalized spacial score (nSPS) is 24.6. The molecule has 0 aromatic heterocycles. The predicted octanol–water partition coefficient (Wildman–Crippen LogP) is -0.0949. The van der Waals surface area contributed by atoms with E-state index in [1.54, 1.807) is 0 Å². The van der Waals surface area contributed by atoms with Gasteiger partial charge in [-0.15, -0.1) is 0 Å². The molecule has 3 aliphatic rings. The van der Waals surface area contributed by atoms with Crippen LogP contribution in [0.15, 0.2) is 23.3 Å². The highest BCUT2D eigenvalue weighted by Gasteiger charge is 2.25. The van der Waals surface area contributed by atoms with Gasteiger partial charge in [0.2, 0.25) is 11.8 Å². The van der Waals surface area contributed by atoms with E-state index in [1.165, 1.54) is 0 Å². The molecule has 0 fully saturated rings. The molecule has 0 saturated heterocycles. The summed E-state index contributed by atoms with van der Waals surface area (Å²) in [7, 11) is 0. The van der Waals surface area contributed by atoms with E-state index in [-0.39, 0.29) is 0 Å². The lowest BCUT2D eigenvalue weighted by Crippen LogP contribution is -2.44. The highest BCUT2D eigenvalue weighted by molar-refractivity contribution is 5.25. The maximum absolute atomic E-state index is 5.49. The van der Waals surface area contributed by atoms with Crippen LogP contribution < -0.4 is 16.0 Å². The van der Waals surface area contributed by atoms with Crippen LogP contribution in [0.4, 0.5) is 0 Å². The quantitative estimate of drug-likeness (QED) is 0.504. The lowest BCUT2D eigenvalue weighted by Gasteiger charge is -2.32. The zero-order valence-corrected chi connectivity index (χ0v) is 7.85. The van der Waals surface area contributed by atoms with Crippen LogP contribution in [-0.4, -0.2) is 19.8 Å². The van der Waals surface area contributed by atoms with Crippen LogP contribution in [0.3, 0.4) is 0 Å². The van der Waals surface area contributed by atoms with Gasteiger partial charge in [0.15, 0.2) is 5.82 Å². The van der Waals surface area contributed by atoms with Gasteiger partial charge in [-0.3, -0.25) is 5.32 Å². The molecule has 3 rings (SSSR count). The molecule has 0 aliphatic carbocycles. The Bertz CT molecular complexity index is 262. The number of nitrogens with one attached hydrogen (secondary N) is 3. The van der Waals surface area contributed by atoms with Gasteiger partial charge in [-0.2, -0.15) is 0 Å². The van der Waals surface area contributed by atoms with Crippen molar-refractivity contribution in [2.24, 2.45) is 0 Å². The van der Waals surface area contributed by atoms with Crippen LogP contribution in [0.5, 0.6) is 0 Å². The third kappa shape index (κ3) is 1.16. The summed E-state index contributed by atoms with van der Waals surface area (Å²) < 4.78 is 11.0. The molecule has 0 atom stereocenters. The second-order valence-electron chi connectivity index (χ2n) is 3.49. The summed E-state index contributed by atoms with van der Waals surface area (Å²) in [6, 6.07) is 0. The Hall–Kier alpha value is -1.52. The summed E-state index contributed by atoms with van der Waals surface area (Å²) in [4.78, 5) is 0. The molecule has 0 amide bonds. The van der Waals surface area contributed by atoms with E-state index in [0.717, 1.165) is 49.3 Å². The molecule has 76 valence electrons. The molecule has 3 N–H and O–H groups in total. The summed E-state index contributed by atoms with van der Waals surface area (Å²) >= 11 is 0. The van der Waals surface area contributed by atoms with Gasteiger partial charge in [0.25, 0.3) is 0 Å². The van der Waals surface area contributed by atoms with Gasteiger partial charge in [0, 0.05) is 0 Å². The predicted molar refractivity (Wildman–Crippen MR) is 49.5 cm³/mol. The fourth-order valence-corrected chi connectivity index (χ4v) is 1.79. The molecule has 3 aliphatic heterocycles. The van der Waals surface area contributed by atoms with Gasteiger partial charge in [0.05, 0.1) is 18.8 Å². The van der Waals surface area contributed by atoms with Crippen molar-refractivity contribution in [1.82, 2.24) is 16.0 Å². The maximum Gasteiger partial charge on any atom is 0.235 e. The second kappa shape index (κ2) is 3.01. The molecule has 0 spiro atoms. The van der Waals surface area contributed by atoms with E-state index in [9.17, 15) is 0 Å². The molecule has 3 heterocycles. The third-order valence-electron chi connectivity index (χ3n) is 2.47. The minimum Gasteiger partial charge on any atom is -0.478 e. The Morgan fingerprint density at radius 2 is 1.93 bits per heavy atom. The fourth-order valence-electron chi connectivity index (χ4n) is 1.79. The van der Waals surface area contributed by atoms with Gasteiger partial charge in [-0.25, -0.2) is 0 Å². The highest BCUT2D eigenvalue weighted by Crippen LogP contribution is 2.22. The van der Waals surface area contributed by atoms with Crippen molar-refractivity contribution in [3.8, 4) is 0 Å². The van der Waals surface area contributed by atoms with E-state index in [4.69, 9.17) is 9.47 Å². The molecular weight excluding hydrogens is 182 g/mol. The van der Waals surface area contributed by atoms with Crippen molar-refractivity contribution in [1.29, 1.82) is 0 Å². The van der Waals surface area contributed by atoms with Crippen LogP contribution in [0.25, 0.3) is 0 Å². The molecule has 5 heteroatoms. The van der Waals surface area contributed by atoms with Gasteiger partial charge in [0.1, 0.15) is 6.61 Å². The van der Waals surface area contributed by atoms with Crippen LogP contribution in [-0.2, 0) is 9.47 Å². The summed E-state index contributed by atoms with van der Waals surface area (Å²) in [6.07, 6.45) is 2.10. The van der Waals surface area contributed by atoms with Gasteiger partial charge in [-0.1, -0.05) is 0 Å². The molecule has 0 aromatic rings. The standard InChI is InChI=1S/C9H13N3O2/c1-2-6-8(13-4-1)12-9-7(11-6)10-3-5-14-9/h10-12H,1-5H2. The fraction of sp³-hybridized carbons (Fsp3) is 0.556. The van der Waals surface area contributed by atoms with E-state index in [2.05, 4.69) is 16.0 Å². The monoisotopic (exact) mass is 195 g/mol. The Kier molecular flexibility index (Phi) is 1.68. The molecule has 5 nitrogen and oxygen atoms in total. The SMILES string of the molecule is C1COC2=C(C1)NC1=C(N2)OCCN1. The summed E-state index contributed by atoms with van der Waals surface area (Å²) in [5, 5.41) is 9.69. The first-order valence-electron chi connectivity index (χ1n) is 4.94. The van der Waals surface area contributed by atoms with Gasteiger partial charge in [-0.05, 0) is 12.8 Å². The number of allylic oxidation sites excluding steroid dienone is 1. The first-order valence-corrected chi connectivity index (χ1v) is 4.94. The molecule has 0 unspecified atom stereocenters. The summed E-state index contributed by atoms with van der Waals surface area (Å²) in [6.45, 7) is 2.32. The largest absolute Gasteiger partial charge is 0.478 e. The zero-order valence-electron chi connectivity index (χ0n) is 7.85. The van der Waals surface area contributed by atoms with Crippen molar-refractivity contribution in [3.63, 3.8) is 0 Å². The average molecular weight is 195 g/mol. The summed E-state index contributed by atoms with van der Waals surface area (Å²) in [5.74, 6) is 2.50. The molecule has 0 aromatic carbocycles. The van der Waals surface area contributed by atoms with Crippen molar-refractivity contribution < 1.29 is 9.47 Å². The third-order valence-corrected chi connectivity index (χ3v) is 2.47. The topological polar surface area (TPSA) is 54.5 Å². The van der Waals surface area contributed by atoms with Crippen LogP contribution in [0.1, 0.15) is 12.8 Å². The number of rotatable bonds is 0. The smallest absolute Gasteiger partial charge is 0.235 e. The van der Waals surface area contributed by atoms with Crippen LogP contribution >= 0.6 is 0 Å². The number of hydrogen-bond acceptors (Lipinski definition) is 5. The van der Waals surface area contributed by atoms with Gasteiger partial charge < -0.3 is 20.1 Å². The van der Waals surface area contributed by atoms with E-state index < -0.39 is 0 Å². The van der Waals surface area contributed by atoms with Crippen molar-refractivity contribution in [3.05, 3.63) is 23.3 Å². The Morgan fingerprint density at radius 3 is 2.93 bits per heavy atom. The molecular formula is C9H13N3O2. The van der Waals surface area contributed by atoms with Crippen LogP contribution in [0, 0.1) is 0 Å². The molecule has 14 heavy (non-hydrogen) atoms. The molecule has 0 radical (unpaired) electrons. The van der Waals surface area contributed by atoms with E-state index in [1.807, 2.05) is 0 Å². The highest BCUT2D eigenvalue weighted by atomic mass is 16.5. The minimum atomic E-state index is 0.691. The van der Waals surface area contributed by atoms with Crippen molar-refractivity contribution >= 4 is 0 Å². The average Bonchev–Trinajstić information content (AvgIpc) is 2.26. The number of hydrogen-bond donors (Lipinski definition) is 3.